The minimum Gasteiger partial charge on any atom is -0.354 e. The molecule has 2 N–H and O–H groups in total. The monoisotopic (exact) mass is 410 g/mol. The topological polar surface area (TPSA) is 66.0 Å². The van der Waals surface area contributed by atoms with Gasteiger partial charge in [-0.25, -0.2) is 0 Å². The van der Waals surface area contributed by atoms with Crippen LogP contribution >= 0.6 is 12.6 Å². The van der Waals surface area contributed by atoms with Crippen LogP contribution in [0.15, 0.2) is 0 Å². The number of nitrogens with one attached hydrogen (secondary N) is 2. The number of rotatable bonds is 18. The summed E-state index contributed by atoms with van der Waals surface area (Å²) in [5.74, 6) is 2.65. The van der Waals surface area contributed by atoms with Gasteiger partial charge in [0, 0.05) is 32.9 Å². The van der Waals surface area contributed by atoms with Gasteiger partial charge in [-0.3, -0.25) is 0 Å². The Morgan fingerprint density at radius 1 is 0.679 bits per heavy atom. The maximum atomic E-state index is 4.47. The molecule has 6 nitrogen and oxygen atoms in total. The van der Waals surface area contributed by atoms with Crippen molar-refractivity contribution in [3.8, 4) is 0 Å². The lowest BCUT2D eigenvalue weighted by molar-refractivity contribution is 0.546. The van der Waals surface area contributed by atoms with E-state index in [4.69, 9.17) is 0 Å². The first-order valence-corrected chi connectivity index (χ1v) is 11.8. The lowest BCUT2D eigenvalue weighted by Crippen LogP contribution is -2.18. The zero-order valence-electron chi connectivity index (χ0n) is 18.3. The summed E-state index contributed by atoms with van der Waals surface area (Å²) in [4.78, 5) is 15.2. The van der Waals surface area contributed by atoms with Crippen molar-refractivity contribution >= 4 is 30.5 Å². The molecule has 28 heavy (non-hydrogen) atoms. The maximum Gasteiger partial charge on any atom is 0.231 e. The van der Waals surface area contributed by atoms with E-state index in [2.05, 4.69) is 45.1 Å². The van der Waals surface area contributed by atoms with Gasteiger partial charge in [0.25, 0.3) is 0 Å². The first kappa shape index (κ1) is 24.8. The Hall–Kier alpha value is -1.24. The molecule has 0 aliphatic rings. The summed E-state index contributed by atoms with van der Waals surface area (Å²) in [6.07, 6.45) is 16.3. The predicted octanol–water partition coefficient (Wildman–Crippen LogP) is 5.39. The molecule has 0 atom stereocenters. The standard InChI is InChI=1S/C21H42N6S/c1-4-5-6-7-8-9-10-11-12-13-14-15-16-22-19-24-20(23-17-18-28)26-21(25-19)27(2)3/h28H,4-18H2,1-3H3,(H2,22,23,24,25,26). The Morgan fingerprint density at radius 2 is 1.14 bits per heavy atom. The van der Waals surface area contributed by atoms with Crippen LogP contribution in [0.25, 0.3) is 0 Å². The van der Waals surface area contributed by atoms with Gasteiger partial charge in [0.15, 0.2) is 0 Å². The first-order chi connectivity index (χ1) is 13.7. The van der Waals surface area contributed by atoms with E-state index >= 15 is 0 Å². The summed E-state index contributed by atoms with van der Waals surface area (Å²) in [5.41, 5.74) is 0. The van der Waals surface area contributed by atoms with E-state index in [9.17, 15) is 0 Å². The Morgan fingerprint density at radius 3 is 1.61 bits per heavy atom. The normalized spacial score (nSPS) is 10.9. The number of anilines is 3. The van der Waals surface area contributed by atoms with Gasteiger partial charge < -0.3 is 15.5 Å². The number of hydrogen-bond acceptors (Lipinski definition) is 7. The molecule has 1 rings (SSSR count). The van der Waals surface area contributed by atoms with E-state index in [0.29, 0.717) is 17.8 Å². The fraction of sp³-hybridized carbons (Fsp3) is 0.857. The number of thiol groups is 1. The Labute approximate surface area is 178 Å². The fourth-order valence-corrected chi connectivity index (χ4v) is 3.17. The zero-order valence-corrected chi connectivity index (χ0v) is 19.2. The molecule has 1 aromatic heterocycles. The number of hydrogen-bond donors (Lipinski definition) is 3. The highest BCUT2D eigenvalue weighted by Crippen LogP contribution is 2.13. The highest BCUT2D eigenvalue weighted by molar-refractivity contribution is 7.80. The van der Waals surface area contributed by atoms with Crippen molar-refractivity contribution in [3.63, 3.8) is 0 Å². The van der Waals surface area contributed by atoms with Crippen LogP contribution in [0.4, 0.5) is 17.8 Å². The van der Waals surface area contributed by atoms with Crippen molar-refractivity contribution in [3.05, 3.63) is 0 Å². The van der Waals surface area contributed by atoms with Gasteiger partial charge >= 0.3 is 0 Å². The molecule has 162 valence electrons. The zero-order chi connectivity index (χ0) is 20.5. The van der Waals surface area contributed by atoms with Gasteiger partial charge in [0.05, 0.1) is 0 Å². The van der Waals surface area contributed by atoms with Crippen molar-refractivity contribution in [1.29, 1.82) is 0 Å². The van der Waals surface area contributed by atoms with Gasteiger partial charge in [-0.1, -0.05) is 77.6 Å². The molecule has 0 spiro atoms. The smallest absolute Gasteiger partial charge is 0.231 e. The summed E-state index contributed by atoms with van der Waals surface area (Å²) >= 11 is 4.22. The summed E-state index contributed by atoms with van der Waals surface area (Å²) in [6, 6.07) is 0. The minimum atomic E-state index is 0.602. The summed E-state index contributed by atoms with van der Waals surface area (Å²) in [5, 5.41) is 6.52. The molecular weight excluding hydrogens is 368 g/mol. The van der Waals surface area contributed by atoms with E-state index in [1.54, 1.807) is 0 Å². The maximum absolute atomic E-state index is 4.47. The predicted molar refractivity (Wildman–Crippen MR) is 126 cm³/mol. The highest BCUT2D eigenvalue weighted by Gasteiger charge is 2.07. The second-order valence-electron chi connectivity index (χ2n) is 7.64. The Balaban J connectivity index is 2.11. The van der Waals surface area contributed by atoms with Crippen LogP contribution in [-0.4, -0.2) is 47.9 Å². The van der Waals surface area contributed by atoms with E-state index in [1.807, 2.05) is 19.0 Å². The van der Waals surface area contributed by atoms with Crippen LogP contribution in [0, 0.1) is 0 Å². The molecule has 0 amide bonds. The second kappa shape index (κ2) is 16.7. The fourth-order valence-electron chi connectivity index (χ4n) is 3.06. The van der Waals surface area contributed by atoms with Crippen LogP contribution in [0.3, 0.4) is 0 Å². The average Bonchev–Trinajstić information content (AvgIpc) is 2.69. The minimum absolute atomic E-state index is 0.602. The lowest BCUT2D eigenvalue weighted by atomic mass is 10.1. The van der Waals surface area contributed by atoms with Crippen molar-refractivity contribution in [2.24, 2.45) is 0 Å². The van der Waals surface area contributed by atoms with Crippen molar-refractivity contribution in [1.82, 2.24) is 15.0 Å². The third-order valence-electron chi connectivity index (χ3n) is 4.73. The summed E-state index contributed by atoms with van der Waals surface area (Å²) < 4.78 is 0. The molecular formula is C21H42N6S. The van der Waals surface area contributed by atoms with Gasteiger partial charge in [0.2, 0.25) is 17.8 Å². The van der Waals surface area contributed by atoms with Crippen LogP contribution < -0.4 is 15.5 Å². The van der Waals surface area contributed by atoms with Crippen LogP contribution in [0.2, 0.25) is 0 Å². The number of aromatic nitrogens is 3. The Kier molecular flexibility index (Phi) is 14.8. The molecule has 0 bridgehead atoms. The quantitative estimate of drug-likeness (QED) is 0.223. The molecule has 0 saturated carbocycles. The average molecular weight is 411 g/mol. The van der Waals surface area contributed by atoms with E-state index in [0.717, 1.165) is 25.3 Å². The van der Waals surface area contributed by atoms with Gasteiger partial charge in [-0.05, 0) is 6.42 Å². The number of unbranched alkanes of at least 4 members (excludes halogenated alkanes) is 11. The molecule has 0 unspecified atom stereocenters. The summed E-state index contributed by atoms with van der Waals surface area (Å²) in [6.45, 7) is 3.92. The highest BCUT2D eigenvalue weighted by atomic mass is 32.1. The van der Waals surface area contributed by atoms with Crippen molar-refractivity contribution < 1.29 is 0 Å². The van der Waals surface area contributed by atoms with Crippen molar-refractivity contribution in [2.45, 2.75) is 84.0 Å². The van der Waals surface area contributed by atoms with E-state index in [1.165, 1.54) is 70.6 Å². The molecule has 0 aromatic carbocycles. The molecule has 0 saturated heterocycles. The van der Waals surface area contributed by atoms with E-state index < -0.39 is 0 Å². The lowest BCUT2D eigenvalue weighted by Gasteiger charge is -2.14. The van der Waals surface area contributed by atoms with Crippen LogP contribution in [0.5, 0.6) is 0 Å². The molecule has 0 radical (unpaired) electrons. The third-order valence-corrected chi connectivity index (χ3v) is 4.96. The second-order valence-corrected chi connectivity index (χ2v) is 8.09. The Bertz CT molecular complexity index is 498. The molecule has 7 heteroatoms. The molecule has 0 aliphatic carbocycles. The van der Waals surface area contributed by atoms with Crippen LogP contribution in [0.1, 0.15) is 84.0 Å². The van der Waals surface area contributed by atoms with Crippen molar-refractivity contribution in [2.75, 3.05) is 48.5 Å². The van der Waals surface area contributed by atoms with Gasteiger partial charge in [-0.15, -0.1) is 0 Å². The van der Waals surface area contributed by atoms with Gasteiger partial charge in [-0.2, -0.15) is 27.6 Å². The number of nitrogens with zero attached hydrogens (tertiary/aromatic N) is 4. The first-order valence-electron chi connectivity index (χ1n) is 11.2. The van der Waals surface area contributed by atoms with E-state index in [-0.39, 0.29) is 0 Å². The molecule has 0 fully saturated rings. The largest absolute Gasteiger partial charge is 0.354 e. The van der Waals surface area contributed by atoms with Crippen LogP contribution in [-0.2, 0) is 0 Å². The molecule has 0 aliphatic heterocycles. The SMILES string of the molecule is CCCCCCCCCCCCCCNc1nc(NCCS)nc(N(C)C)n1. The molecule has 1 heterocycles. The summed E-state index contributed by atoms with van der Waals surface area (Å²) in [7, 11) is 3.87. The third kappa shape index (κ3) is 12.3. The molecule has 1 aromatic rings. The van der Waals surface area contributed by atoms with Gasteiger partial charge in [0.1, 0.15) is 0 Å².